The van der Waals surface area contributed by atoms with Crippen molar-refractivity contribution in [1.29, 1.82) is 0 Å². The smallest absolute Gasteiger partial charge is 0.224 e. The van der Waals surface area contributed by atoms with Crippen LogP contribution in [0.4, 0.5) is 0 Å². The van der Waals surface area contributed by atoms with Crippen LogP contribution in [0.15, 0.2) is 16.8 Å². The predicted octanol–water partition coefficient (Wildman–Crippen LogP) is 2.16. The third kappa shape index (κ3) is 1.12. The zero-order chi connectivity index (χ0) is 10.3. The Morgan fingerprint density at radius 3 is 2.64 bits per heavy atom. The molecule has 1 aliphatic rings. The van der Waals surface area contributed by atoms with E-state index in [0.717, 1.165) is 0 Å². The summed E-state index contributed by atoms with van der Waals surface area (Å²) in [6, 6.07) is 2.34. The standard InChI is InChI=1S/C11H15NOS/c1-7-10(13)12-8(2)11(7,3)9-4-5-14-6-9/h4-8H,1-3H3,(H,12,13). The minimum Gasteiger partial charge on any atom is -0.352 e. The van der Waals surface area contributed by atoms with Crippen molar-refractivity contribution in [2.75, 3.05) is 0 Å². The molecule has 0 radical (unpaired) electrons. The maximum atomic E-state index is 11.6. The number of carbonyl (C=O) groups is 1. The fraction of sp³-hybridized carbons (Fsp3) is 0.545. The first-order chi connectivity index (χ1) is 6.56. The Bertz CT molecular complexity index is 346. The largest absolute Gasteiger partial charge is 0.352 e. The lowest BCUT2D eigenvalue weighted by Gasteiger charge is -2.30. The fourth-order valence-electron chi connectivity index (χ4n) is 2.21. The lowest BCUT2D eigenvalue weighted by atomic mass is 9.72. The van der Waals surface area contributed by atoms with Crippen LogP contribution < -0.4 is 5.32 Å². The van der Waals surface area contributed by atoms with Crippen molar-refractivity contribution in [3.8, 4) is 0 Å². The van der Waals surface area contributed by atoms with Crippen LogP contribution in [0.1, 0.15) is 26.3 Å². The number of amides is 1. The summed E-state index contributed by atoms with van der Waals surface area (Å²) >= 11 is 1.69. The molecule has 76 valence electrons. The molecule has 1 aromatic heterocycles. The van der Waals surface area contributed by atoms with E-state index >= 15 is 0 Å². The maximum Gasteiger partial charge on any atom is 0.224 e. The van der Waals surface area contributed by atoms with Crippen LogP contribution in [0.25, 0.3) is 0 Å². The monoisotopic (exact) mass is 209 g/mol. The van der Waals surface area contributed by atoms with Crippen molar-refractivity contribution in [3.63, 3.8) is 0 Å². The molecule has 1 amide bonds. The Labute approximate surface area is 88.3 Å². The number of hydrogen-bond donors (Lipinski definition) is 1. The van der Waals surface area contributed by atoms with Gasteiger partial charge in [0.25, 0.3) is 0 Å². The Morgan fingerprint density at radius 1 is 1.50 bits per heavy atom. The van der Waals surface area contributed by atoms with E-state index in [1.165, 1.54) is 5.56 Å². The first kappa shape index (κ1) is 9.71. The van der Waals surface area contributed by atoms with E-state index in [1.807, 2.05) is 6.92 Å². The summed E-state index contributed by atoms with van der Waals surface area (Å²) in [5.74, 6) is 0.235. The molecule has 2 rings (SSSR count). The van der Waals surface area contributed by atoms with Gasteiger partial charge in [-0.3, -0.25) is 4.79 Å². The number of rotatable bonds is 1. The minimum atomic E-state index is -0.0446. The van der Waals surface area contributed by atoms with Crippen LogP contribution in [-0.4, -0.2) is 11.9 Å². The van der Waals surface area contributed by atoms with E-state index in [1.54, 1.807) is 11.3 Å². The molecular weight excluding hydrogens is 194 g/mol. The van der Waals surface area contributed by atoms with Crippen molar-refractivity contribution in [2.24, 2.45) is 5.92 Å². The van der Waals surface area contributed by atoms with Gasteiger partial charge in [0.1, 0.15) is 0 Å². The lowest BCUT2D eigenvalue weighted by molar-refractivity contribution is -0.122. The molecule has 0 bridgehead atoms. The highest BCUT2D eigenvalue weighted by Crippen LogP contribution is 2.40. The molecule has 0 aliphatic carbocycles. The molecule has 3 unspecified atom stereocenters. The average molecular weight is 209 g/mol. The molecule has 1 saturated heterocycles. The van der Waals surface area contributed by atoms with Gasteiger partial charge in [0.05, 0.1) is 0 Å². The Balaban J connectivity index is 2.44. The van der Waals surface area contributed by atoms with E-state index < -0.39 is 0 Å². The van der Waals surface area contributed by atoms with E-state index in [2.05, 4.69) is 36.0 Å². The van der Waals surface area contributed by atoms with Gasteiger partial charge in [-0.15, -0.1) is 0 Å². The summed E-state index contributed by atoms with van der Waals surface area (Å²) in [5, 5.41) is 7.23. The third-order valence-electron chi connectivity index (χ3n) is 3.69. The van der Waals surface area contributed by atoms with E-state index in [4.69, 9.17) is 0 Å². The van der Waals surface area contributed by atoms with Gasteiger partial charge in [-0.05, 0) is 29.3 Å². The molecule has 14 heavy (non-hydrogen) atoms. The second-order valence-electron chi connectivity index (χ2n) is 4.25. The summed E-state index contributed by atoms with van der Waals surface area (Å²) in [4.78, 5) is 11.6. The fourth-order valence-corrected chi connectivity index (χ4v) is 2.99. The van der Waals surface area contributed by atoms with Crippen LogP contribution in [0.2, 0.25) is 0 Å². The quantitative estimate of drug-likeness (QED) is 0.754. The number of nitrogens with one attached hydrogen (secondary N) is 1. The SMILES string of the molecule is CC1NC(=O)C(C)C1(C)c1ccsc1. The van der Waals surface area contributed by atoms with Crippen molar-refractivity contribution in [3.05, 3.63) is 22.4 Å². The van der Waals surface area contributed by atoms with Crippen molar-refractivity contribution in [2.45, 2.75) is 32.2 Å². The molecule has 3 heteroatoms. The molecule has 2 heterocycles. The zero-order valence-electron chi connectivity index (χ0n) is 8.70. The third-order valence-corrected chi connectivity index (χ3v) is 4.38. The Kier molecular flexibility index (Phi) is 2.14. The van der Waals surface area contributed by atoms with Crippen molar-refractivity contribution >= 4 is 17.2 Å². The Hall–Kier alpha value is -0.830. The average Bonchev–Trinajstić information content (AvgIpc) is 2.72. The normalized spacial score (nSPS) is 37.2. The second kappa shape index (κ2) is 3.09. The van der Waals surface area contributed by atoms with E-state index in [0.29, 0.717) is 0 Å². The molecule has 1 fully saturated rings. The van der Waals surface area contributed by atoms with Crippen molar-refractivity contribution < 1.29 is 4.79 Å². The minimum absolute atomic E-state index is 0.0446. The van der Waals surface area contributed by atoms with Gasteiger partial charge in [-0.1, -0.05) is 13.8 Å². The summed E-state index contributed by atoms with van der Waals surface area (Å²) in [5.41, 5.74) is 1.23. The summed E-state index contributed by atoms with van der Waals surface area (Å²) in [6.07, 6.45) is 0. The van der Waals surface area contributed by atoms with Gasteiger partial charge in [0.15, 0.2) is 0 Å². The predicted molar refractivity (Wildman–Crippen MR) is 58.4 cm³/mol. The molecule has 3 atom stereocenters. The van der Waals surface area contributed by atoms with Gasteiger partial charge in [-0.2, -0.15) is 11.3 Å². The number of carbonyl (C=O) groups excluding carboxylic acids is 1. The molecule has 0 aromatic carbocycles. The zero-order valence-corrected chi connectivity index (χ0v) is 9.52. The van der Waals surface area contributed by atoms with E-state index in [9.17, 15) is 4.79 Å². The maximum absolute atomic E-state index is 11.6. The van der Waals surface area contributed by atoms with Crippen LogP contribution in [-0.2, 0) is 10.2 Å². The molecule has 1 N–H and O–H groups in total. The highest BCUT2D eigenvalue weighted by molar-refractivity contribution is 7.08. The second-order valence-corrected chi connectivity index (χ2v) is 5.03. The Morgan fingerprint density at radius 2 is 2.21 bits per heavy atom. The summed E-state index contributed by atoms with van der Waals surface area (Å²) in [7, 11) is 0. The van der Waals surface area contributed by atoms with E-state index in [-0.39, 0.29) is 23.3 Å². The topological polar surface area (TPSA) is 29.1 Å². The van der Waals surface area contributed by atoms with Gasteiger partial charge < -0.3 is 5.32 Å². The number of hydrogen-bond acceptors (Lipinski definition) is 2. The molecule has 0 spiro atoms. The molecule has 1 aliphatic heterocycles. The molecule has 0 saturated carbocycles. The molecular formula is C11H15NOS. The summed E-state index contributed by atoms with van der Waals surface area (Å²) < 4.78 is 0. The molecule has 1 aromatic rings. The van der Waals surface area contributed by atoms with Crippen molar-refractivity contribution in [1.82, 2.24) is 5.32 Å². The highest BCUT2D eigenvalue weighted by atomic mass is 32.1. The molecule has 2 nitrogen and oxygen atoms in total. The highest BCUT2D eigenvalue weighted by Gasteiger charge is 2.48. The van der Waals surface area contributed by atoms with Gasteiger partial charge in [-0.25, -0.2) is 0 Å². The number of thiophene rings is 1. The first-order valence-electron chi connectivity index (χ1n) is 4.90. The van der Waals surface area contributed by atoms with Crippen LogP contribution in [0.5, 0.6) is 0 Å². The first-order valence-corrected chi connectivity index (χ1v) is 5.84. The van der Waals surface area contributed by atoms with Gasteiger partial charge in [0, 0.05) is 17.4 Å². The van der Waals surface area contributed by atoms with Gasteiger partial charge in [0.2, 0.25) is 5.91 Å². The summed E-state index contributed by atoms with van der Waals surface area (Å²) in [6.45, 7) is 6.26. The van der Waals surface area contributed by atoms with Crippen LogP contribution in [0, 0.1) is 5.92 Å². The van der Waals surface area contributed by atoms with Crippen LogP contribution in [0.3, 0.4) is 0 Å². The lowest BCUT2D eigenvalue weighted by Crippen LogP contribution is -2.37. The van der Waals surface area contributed by atoms with Gasteiger partial charge >= 0.3 is 0 Å². The van der Waals surface area contributed by atoms with Crippen LogP contribution >= 0.6 is 11.3 Å².